The van der Waals surface area contributed by atoms with E-state index in [-0.39, 0.29) is 0 Å². The number of nitrogens with one attached hydrogen (secondary N) is 1. The van der Waals surface area contributed by atoms with Gasteiger partial charge in [-0.05, 0) is 37.7 Å². The van der Waals surface area contributed by atoms with E-state index in [1.54, 1.807) is 0 Å². The van der Waals surface area contributed by atoms with Crippen molar-refractivity contribution in [2.75, 3.05) is 13.7 Å². The molecule has 1 N–H and O–H groups in total. The normalized spacial score (nSPS) is 10.1. The number of rotatable bonds is 5. The zero-order chi connectivity index (χ0) is 11.3. The summed E-state index contributed by atoms with van der Waals surface area (Å²) in [5, 5.41) is 3.80. The van der Waals surface area contributed by atoms with Crippen LogP contribution in [-0.2, 0) is 6.54 Å². The van der Waals surface area contributed by atoms with Crippen LogP contribution in [0.5, 0.6) is 5.75 Å². The summed E-state index contributed by atoms with van der Waals surface area (Å²) in [6, 6.07) is 5.62. The lowest BCUT2D eigenvalue weighted by molar-refractivity contribution is 0.348. The first-order valence-electron chi connectivity index (χ1n) is 4.83. The lowest BCUT2D eigenvalue weighted by Gasteiger charge is -2.11. The van der Waals surface area contributed by atoms with Gasteiger partial charge in [-0.1, -0.05) is 18.2 Å². The zero-order valence-corrected chi connectivity index (χ0v) is 9.90. The van der Waals surface area contributed by atoms with Crippen LogP contribution in [0, 0.1) is 0 Å². The van der Waals surface area contributed by atoms with Crippen molar-refractivity contribution >= 4 is 11.6 Å². The molecule has 82 valence electrons. The predicted molar refractivity (Wildman–Crippen MR) is 64.5 cm³/mol. The maximum Gasteiger partial charge on any atom is 0.124 e. The molecular weight excluding hydrogens is 210 g/mol. The van der Waals surface area contributed by atoms with Crippen molar-refractivity contribution in [1.29, 1.82) is 0 Å². The second-order valence-electron chi connectivity index (χ2n) is 3.53. The van der Waals surface area contributed by atoms with E-state index < -0.39 is 0 Å². The van der Waals surface area contributed by atoms with Gasteiger partial charge < -0.3 is 10.1 Å². The van der Waals surface area contributed by atoms with E-state index in [0.29, 0.717) is 6.61 Å². The van der Waals surface area contributed by atoms with Crippen LogP contribution in [-0.4, -0.2) is 13.7 Å². The molecule has 3 heteroatoms. The monoisotopic (exact) mass is 225 g/mol. The van der Waals surface area contributed by atoms with Gasteiger partial charge in [0.1, 0.15) is 12.4 Å². The molecule has 0 unspecified atom stereocenters. The molecule has 0 aliphatic rings. The number of benzene rings is 1. The summed E-state index contributed by atoms with van der Waals surface area (Å²) in [6.07, 6.45) is 0. The fourth-order valence-electron chi connectivity index (χ4n) is 1.22. The van der Waals surface area contributed by atoms with Crippen molar-refractivity contribution in [2.24, 2.45) is 0 Å². The van der Waals surface area contributed by atoms with Gasteiger partial charge >= 0.3 is 0 Å². The Bertz CT molecular complexity index is 349. The van der Waals surface area contributed by atoms with E-state index in [4.69, 9.17) is 16.3 Å². The molecule has 0 saturated carbocycles. The van der Waals surface area contributed by atoms with Gasteiger partial charge in [0.2, 0.25) is 0 Å². The van der Waals surface area contributed by atoms with Gasteiger partial charge in [-0.15, -0.1) is 0 Å². The first-order valence-corrected chi connectivity index (χ1v) is 5.21. The Hall–Kier alpha value is -0.990. The van der Waals surface area contributed by atoms with Crippen LogP contribution in [0.1, 0.15) is 12.5 Å². The van der Waals surface area contributed by atoms with Crippen molar-refractivity contribution < 1.29 is 4.74 Å². The van der Waals surface area contributed by atoms with E-state index in [2.05, 4.69) is 11.9 Å². The zero-order valence-electron chi connectivity index (χ0n) is 9.14. The summed E-state index contributed by atoms with van der Waals surface area (Å²) in [4.78, 5) is 0. The fourth-order valence-corrected chi connectivity index (χ4v) is 1.41. The summed E-state index contributed by atoms with van der Waals surface area (Å²) in [6.45, 7) is 7.02. The molecule has 1 rings (SSSR count). The maximum absolute atomic E-state index is 5.91. The van der Waals surface area contributed by atoms with Crippen LogP contribution in [0.4, 0.5) is 0 Å². The van der Waals surface area contributed by atoms with Gasteiger partial charge in [0.05, 0.1) is 0 Å². The van der Waals surface area contributed by atoms with E-state index in [0.717, 1.165) is 28.5 Å². The topological polar surface area (TPSA) is 21.3 Å². The Balaban J connectivity index is 2.80. The molecule has 0 atom stereocenters. The van der Waals surface area contributed by atoms with E-state index in [1.165, 1.54) is 0 Å². The Morgan fingerprint density at radius 3 is 2.87 bits per heavy atom. The van der Waals surface area contributed by atoms with Gasteiger partial charge in [-0.25, -0.2) is 0 Å². The van der Waals surface area contributed by atoms with Crippen LogP contribution in [0.15, 0.2) is 30.4 Å². The number of ether oxygens (including phenoxy) is 1. The smallest absolute Gasteiger partial charge is 0.124 e. The summed E-state index contributed by atoms with van der Waals surface area (Å²) in [5.41, 5.74) is 2.06. The largest absolute Gasteiger partial charge is 0.489 e. The molecule has 1 aromatic rings. The second-order valence-corrected chi connectivity index (χ2v) is 3.96. The highest BCUT2D eigenvalue weighted by Gasteiger charge is 2.03. The maximum atomic E-state index is 5.91. The third-order valence-corrected chi connectivity index (χ3v) is 2.10. The minimum absolute atomic E-state index is 0.540. The Morgan fingerprint density at radius 2 is 2.27 bits per heavy atom. The van der Waals surface area contributed by atoms with Gasteiger partial charge in [0, 0.05) is 17.1 Å². The molecule has 0 aliphatic heterocycles. The number of hydrogen-bond donors (Lipinski definition) is 1. The highest BCUT2D eigenvalue weighted by atomic mass is 35.5. The summed E-state index contributed by atoms with van der Waals surface area (Å²) in [7, 11) is 1.89. The van der Waals surface area contributed by atoms with Gasteiger partial charge in [-0.2, -0.15) is 0 Å². The molecule has 0 saturated heterocycles. The first-order chi connectivity index (χ1) is 7.13. The molecule has 0 amide bonds. The average Bonchev–Trinajstić information content (AvgIpc) is 2.17. The van der Waals surface area contributed by atoms with Crippen molar-refractivity contribution in [2.45, 2.75) is 13.5 Å². The number of halogens is 1. The van der Waals surface area contributed by atoms with Crippen LogP contribution in [0.2, 0.25) is 5.02 Å². The quantitative estimate of drug-likeness (QED) is 0.778. The van der Waals surface area contributed by atoms with Crippen LogP contribution >= 0.6 is 11.6 Å². The van der Waals surface area contributed by atoms with E-state index in [1.807, 2.05) is 32.2 Å². The second kappa shape index (κ2) is 5.79. The van der Waals surface area contributed by atoms with Crippen LogP contribution in [0.25, 0.3) is 0 Å². The molecule has 0 spiro atoms. The van der Waals surface area contributed by atoms with Gasteiger partial charge in [0.15, 0.2) is 0 Å². The fraction of sp³-hybridized carbons (Fsp3) is 0.333. The molecule has 0 fully saturated rings. The number of hydrogen-bond acceptors (Lipinski definition) is 2. The highest BCUT2D eigenvalue weighted by Crippen LogP contribution is 2.23. The van der Waals surface area contributed by atoms with Crippen molar-refractivity contribution in [3.05, 3.63) is 40.9 Å². The van der Waals surface area contributed by atoms with Crippen molar-refractivity contribution in [1.82, 2.24) is 5.32 Å². The molecule has 0 radical (unpaired) electrons. The Kier molecular flexibility index (Phi) is 4.66. The van der Waals surface area contributed by atoms with Crippen molar-refractivity contribution in [3.8, 4) is 5.75 Å². The molecule has 0 aromatic heterocycles. The summed E-state index contributed by atoms with van der Waals surface area (Å²) in [5.74, 6) is 0.858. The van der Waals surface area contributed by atoms with Gasteiger partial charge in [0.25, 0.3) is 0 Å². The first kappa shape index (κ1) is 12.1. The minimum Gasteiger partial charge on any atom is -0.489 e. The minimum atomic E-state index is 0.540. The summed E-state index contributed by atoms with van der Waals surface area (Å²) < 4.78 is 5.61. The lowest BCUT2D eigenvalue weighted by atomic mass is 10.2. The van der Waals surface area contributed by atoms with Gasteiger partial charge in [-0.3, -0.25) is 0 Å². The third kappa shape index (κ3) is 3.94. The Labute approximate surface area is 95.9 Å². The highest BCUT2D eigenvalue weighted by molar-refractivity contribution is 6.30. The molecular formula is C12H16ClNO. The van der Waals surface area contributed by atoms with E-state index >= 15 is 0 Å². The lowest BCUT2D eigenvalue weighted by Crippen LogP contribution is -2.08. The van der Waals surface area contributed by atoms with Crippen molar-refractivity contribution in [3.63, 3.8) is 0 Å². The average molecular weight is 226 g/mol. The summed E-state index contributed by atoms with van der Waals surface area (Å²) >= 11 is 5.91. The van der Waals surface area contributed by atoms with Crippen LogP contribution < -0.4 is 10.1 Å². The molecule has 2 nitrogen and oxygen atoms in total. The molecule has 0 bridgehead atoms. The van der Waals surface area contributed by atoms with E-state index in [9.17, 15) is 0 Å². The standard InChI is InChI=1S/C12H16ClNO/c1-9(2)8-15-12-5-4-11(13)6-10(12)7-14-3/h4-6,14H,1,7-8H2,2-3H3. The molecule has 1 aromatic carbocycles. The Morgan fingerprint density at radius 1 is 1.53 bits per heavy atom. The molecule has 0 heterocycles. The SMILES string of the molecule is C=C(C)COc1ccc(Cl)cc1CNC. The third-order valence-electron chi connectivity index (χ3n) is 1.86. The molecule has 0 aliphatic carbocycles. The predicted octanol–water partition coefficient (Wildman–Crippen LogP) is 3.01. The molecule has 15 heavy (non-hydrogen) atoms. The van der Waals surface area contributed by atoms with Crippen LogP contribution in [0.3, 0.4) is 0 Å².